The van der Waals surface area contributed by atoms with Gasteiger partial charge in [-0.2, -0.15) is 4.72 Å². The van der Waals surface area contributed by atoms with Gasteiger partial charge in [-0.05, 0) is 54.8 Å². The van der Waals surface area contributed by atoms with Crippen LogP contribution in [-0.4, -0.2) is 27.5 Å². The molecule has 1 atom stereocenters. The molecule has 0 spiro atoms. The minimum Gasteiger partial charge on any atom is -0.495 e. The molecule has 0 aliphatic heterocycles. The van der Waals surface area contributed by atoms with Gasteiger partial charge in [-0.3, -0.25) is 4.79 Å². The summed E-state index contributed by atoms with van der Waals surface area (Å²) < 4.78 is 35.0. The molecule has 3 rings (SSSR count). The summed E-state index contributed by atoms with van der Waals surface area (Å²) in [6.45, 7) is 1.79. The van der Waals surface area contributed by atoms with E-state index in [2.05, 4.69) is 26.0 Å². The first-order valence-corrected chi connectivity index (χ1v) is 11.8. The Bertz CT molecular complexity index is 1170. The van der Waals surface area contributed by atoms with Gasteiger partial charge in [-0.1, -0.05) is 58.4 Å². The van der Waals surface area contributed by atoms with Gasteiger partial charge < -0.3 is 10.1 Å². The summed E-state index contributed by atoms with van der Waals surface area (Å²) >= 11 is 3.37. The molecule has 0 aliphatic carbocycles. The van der Waals surface area contributed by atoms with Gasteiger partial charge in [0.15, 0.2) is 0 Å². The van der Waals surface area contributed by atoms with E-state index in [4.69, 9.17) is 4.74 Å². The highest BCUT2D eigenvalue weighted by molar-refractivity contribution is 9.10. The fourth-order valence-corrected chi connectivity index (χ4v) is 4.93. The van der Waals surface area contributed by atoms with E-state index in [1.165, 1.54) is 13.2 Å². The third kappa shape index (κ3) is 6.16. The zero-order valence-electron chi connectivity index (χ0n) is 17.1. The first kappa shape index (κ1) is 23.0. The number of carbonyl (C=O) groups is 1. The van der Waals surface area contributed by atoms with E-state index >= 15 is 0 Å². The van der Waals surface area contributed by atoms with Crippen LogP contribution >= 0.6 is 15.9 Å². The lowest BCUT2D eigenvalue weighted by Gasteiger charge is -2.20. The minimum absolute atomic E-state index is 0.0108. The van der Waals surface area contributed by atoms with Crippen LogP contribution in [0, 0.1) is 6.92 Å². The minimum atomic E-state index is -4.04. The molecule has 0 radical (unpaired) electrons. The lowest BCUT2D eigenvalue weighted by molar-refractivity contribution is -0.117. The predicted octanol–water partition coefficient (Wildman–Crippen LogP) is 4.29. The van der Waals surface area contributed by atoms with Crippen molar-refractivity contribution < 1.29 is 17.9 Å². The zero-order chi connectivity index (χ0) is 22.4. The van der Waals surface area contributed by atoms with Crippen LogP contribution in [0.3, 0.4) is 0 Å². The molecule has 162 valence electrons. The van der Waals surface area contributed by atoms with Gasteiger partial charge in [0.1, 0.15) is 16.7 Å². The molecule has 1 unspecified atom stereocenters. The molecule has 3 aromatic rings. The van der Waals surface area contributed by atoms with Crippen molar-refractivity contribution in [2.24, 2.45) is 0 Å². The highest BCUT2D eigenvalue weighted by Gasteiger charge is 2.28. The number of benzene rings is 3. The Morgan fingerprint density at radius 1 is 1.03 bits per heavy atom. The summed E-state index contributed by atoms with van der Waals surface area (Å²) in [5.74, 6) is -0.249. The largest absolute Gasteiger partial charge is 0.495 e. The smallest absolute Gasteiger partial charge is 0.245 e. The van der Waals surface area contributed by atoms with Crippen LogP contribution in [0.1, 0.15) is 11.1 Å². The molecule has 2 N–H and O–H groups in total. The molecular weight excluding hydrogens is 480 g/mol. The van der Waals surface area contributed by atoms with Crippen LogP contribution in [-0.2, 0) is 21.2 Å². The summed E-state index contributed by atoms with van der Waals surface area (Å²) in [5.41, 5.74) is 2.15. The van der Waals surface area contributed by atoms with Crippen molar-refractivity contribution in [2.45, 2.75) is 24.3 Å². The molecule has 8 heteroatoms. The van der Waals surface area contributed by atoms with E-state index in [1.54, 1.807) is 37.3 Å². The van der Waals surface area contributed by atoms with Crippen molar-refractivity contribution >= 4 is 37.5 Å². The maximum Gasteiger partial charge on any atom is 0.245 e. The van der Waals surface area contributed by atoms with Crippen LogP contribution in [0.15, 0.2) is 82.2 Å². The van der Waals surface area contributed by atoms with Gasteiger partial charge in [0, 0.05) is 10.2 Å². The quantitative estimate of drug-likeness (QED) is 0.480. The van der Waals surface area contributed by atoms with E-state index in [1.807, 2.05) is 36.4 Å². The number of methoxy groups -OCH3 is 1. The SMILES string of the molecule is COc1ccc(C)cc1S(=O)(=O)NC(Cc1ccccc1)C(=O)Nc1cccc(Br)c1. The third-order valence-electron chi connectivity index (χ3n) is 4.60. The van der Waals surface area contributed by atoms with Crippen LogP contribution in [0.4, 0.5) is 5.69 Å². The van der Waals surface area contributed by atoms with Crippen LogP contribution in [0.5, 0.6) is 5.75 Å². The van der Waals surface area contributed by atoms with Crippen molar-refractivity contribution in [1.29, 1.82) is 0 Å². The summed E-state index contributed by atoms with van der Waals surface area (Å²) in [4.78, 5) is 13.1. The number of hydrogen-bond acceptors (Lipinski definition) is 4. The third-order valence-corrected chi connectivity index (χ3v) is 6.58. The average Bonchev–Trinajstić information content (AvgIpc) is 2.74. The van der Waals surface area contributed by atoms with Crippen molar-refractivity contribution in [3.05, 3.63) is 88.4 Å². The fourth-order valence-electron chi connectivity index (χ4n) is 3.08. The van der Waals surface area contributed by atoms with Gasteiger partial charge in [0.25, 0.3) is 0 Å². The average molecular weight is 503 g/mol. The highest BCUT2D eigenvalue weighted by Crippen LogP contribution is 2.25. The molecule has 0 bridgehead atoms. The van der Waals surface area contributed by atoms with Crippen molar-refractivity contribution in [1.82, 2.24) is 4.72 Å². The number of rotatable bonds is 8. The first-order chi connectivity index (χ1) is 14.8. The highest BCUT2D eigenvalue weighted by atomic mass is 79.9. The second kappa shape index (κ2) is 10.1. The Labute approximate surface area is 190 Å². The van der Waals surface area contributed by atoms with E-state index < -0.39 is 22.0 Å². The molecule has 0 aromatic heterocycles. The molecule has 0 fully saturated rings. The summed E-state index contributed by atoms with van der Waals surface area (Å²) in [5, 5.41) is 2.79. The molecular formula is C23H23BrN2O4S. The van der Waals surface area contributed by atoms with Gasteiger partial charge in [0.05, 0.1) is 7.11 Å². The molecule has 3 aromatic carbocycles. The monoisotopic (exact) mass is 502 g/mol. The molecule has 31 heavy (non-hydrogen) atoms. The maximum absolute atomic E-state index is 13.2. The maximum atomic E-state index is 13.2. The molecule has 0 aliphatic rings. The molecule has 0 saturated heterocycles. The Balaban J connectivity index is 1.92. The number of hydrogen-bond donors (Lipinski definition) is 2. The lowest BCUT2D eigenvalue weighted by Crippen LogP contribution is -2.45. The molecule has 1 amide bonds. The molecule has 6 nitrogen and oxygen atoms in total. The first-order valence-electron chi connectivity index (χ1n) is 9.56. The van der Waals surface area contributed by atoms with Gasteiger partial charge in [-0.15, -0.1) is 0 Å². The Kier molecular flexibility index (Phi) is 7.48. The van der Waals surface area contributed by atoms with Gasteiger partial charge in [-0.25, -0.2) is 8.42 Å². The van der Waals surface area contributed by atoms with E-state index in [9.17, 15) is 13.2 Å². The molecule has 0 saturated carbocycles. The number of ether oxygens (including phenoxy) is 1. The number of carbonyl (C=O) groups excluding carboxylic acids is 1. The van der Waals surface area contributed by atoms with Gasteiger partial charge >= 0.3 is 0 Å². The Morgan fingerprint density at radius 2 is 1.77 bits per heavy atom. The second-order valence-corrected chi connectivity index (χ2v) is 9.62. The van der Waals surface area contributed by atoms with E-state index in [-0.39, 0.29) is 17.1 Å². The number of aryl methyl sites for hydroxylation is 1. The summed E-state index contributed by atoms with van der Waals surface area (Å²) in [6, 6.07) is 20.2. The molecule has 0 heterocycles. The summed E-state index contributed by atoms with van der Waals surface area (Å²) in [7, 11) is -2.63. The van der Waals surface area contributed by atoms with Gasteiger partial charge in [0.2, 0.25) is 15.9 Å². The van der Waals surface area contributed by atoms with Crippen LogP contribution in [0.2, 0.25) is 0 Å². The van der Waals surface area contributed by atoms with E-state index in [0.29, 0.717) is 5.69 Å². The summed E-state index contributed by atoms with van der Waals surface area (Å²) in [6.07, 6.45) is 0.189. The van der Waals surface area contributed by atoms with Crippen molar-refractivity contribution in [2.75, 3.05) is 12.4 Å². The number of nitrogens with one attached hydrogen (secondary N) is 2. The van der Waals surface area contributed by atoms with Crippen molar-refractivity contribution in [3.8, 4) is 5.75 Å². The zero-order valence-corrected chi connectivity index (χ0v) is 19.5. The Morgan fingerprint density at radius 3 is 2.45 bits per heavy atom. The number of anilines is 1. The Hall–Kier alpha value is -2.68. The number of sulfonamides is 1. The normalized spacial score (nSPS) is 12.2. The predicted molar refractivity (Wildman–Crippen MR) is 125 cm³/mol. The fraction of sp³-hybridized carbons (Fsp3) is 0.174. The second-order valence-electron chi connectivity index (χ2n) is 7.02. The number of amides is 1. The van der Waals surface area contributed by atoms with Crippen LogP contribution < -0.4 is 14.8 Å². The topological polar surface area (TPSA) is 84.5 Å². The lowest BCUT2D eigenvalue weighted by atomic mass is 10.1. The van der Waals surface area contributed by atoms with E-state index in [0.717, 1.165) is 15.6 Å². The standard InChI is InChI=1S/C23H23BrN2O4S/c1-16-11-12-21(30-2)22(13-16)31(28,29)26-20(14-17-7-4-3-5-8-17)23(27)25-19-10-6-9-18(24)15-19/h3-13,15,20,26H,14H2,1-2H3,(H,25,27). The number of halogens is 1. The van der Waals surface area contributed by atoms with Crippen molar-refractivity contribution in [3.63, 3.8) is 0 Å². The van der Waals surface area contributed by atoms with Crippen LogP contribution in [0.25, 0.3) is 0 Å².